The molecule has 1 aliphatic rings. The second-order valence-electron chi connectivity index (χ2n) is 5.26. The number of hydrogen-bond acceptors (Lipinski definition) is 3. The molecule has 0 spiro atoms. The molecule has 1 heterocycles. The molecule has 2 aromatic rings. The van der Waals surface area contributed by atoms with Gasteiger partial charge in [0.2, 0.25) is 0 Å². The predicted octanol–water partition coefficient (Wildman–Crippen LogP) is 3.65. The summed E-state index contributed by atoms with van der Waals surface area (Å²) in [6.45, 7) is 2.99. The molecule has 4 nitrogen and oxygen atoms in total. The van der Waals surface area contributed by atoms with Gasteiger partial charge in [-0.15, -0.1) is 0 Å². The first-order valence-electron chi connectivity index (χ1n) is 7.51. The molecule has 114 valence electrons. The minimum Gasteiger partial charge on any atom is -0.490 e. The molecule has 1 fully saturated rings. The van der Waals surface area contributed by atoms with E-state index in [1.807, 2.05) is 54.6 Å². The first kappa shape index (κ1) is 14.4. The normalized spacial score (nSPS) is 17.4. The number of aryl methyl sites for hydroxylation is 1. The van der Waals surface area contributed by atoms with E-state index >= 15 is 0 Å². The highest BCUT2D eigenvalue weighted by molar-refractivity contribution is 5.89. The minimum atomic E-state index is -0.318. The van der Waals surface area contributed by atoms with Gasteiger partial charge in [0.25, 0.3) is 0 Å². The topological polar surface area (TPSA) is 38.8 Å². The Hall–Kier alpha value is -2.49. The molecule has 1 aliphatic heterocycles. The standard InChI is InChI=1S/C18H19NO3/c1-2-14-8-10-16(11-9-14)21-13-17-12-19(18(20)22-17)15-6-4-3-5-7-15/h3-11,17H,2,12-13H2,1H3. The zero-order valence-electron chi connectivity index (χ0n) is 12.6. The molecule has 1 atom stereocenters. The number of nitrogens with zero attached hydrogens (tertiary/aromatic N) is 1. The van der Waals surface area contributed by atoms with Gasteiger partial charge in [-0.05, 0) is 36.2 Å². The summed E-state index contributed by atoms with van der Waals surface area (Å²) >= 11 is 0. The molecule has 22 heavy (non-hydrogen) atoms. The molecule has 0 N–H and O–H groups in total. The largest absolute Gasteiger partial charge is 0.490 e. The summed E-state index contributed by atoms with van der Waals surface area (Å²) in [5, 5.41) is 0. The Balaban J connectivity index is 1.57. The number of rotatable bonds is 5. The van der Waals surface area contributed by atoms with E-state index in [1.54, 1.807) is 4.90 Å². The Morgan fingerprint density at radius 1 is 1.14 bits per heavy atom. The lowest BCUT2D eigenvalue weighted by molar-refractivity contribution is 0.105. The van der Waals surface area contributed by atoms with Gasteiger partial charge in [-0.1, -0.05) is 37.3 Å². The van der Waals surface area contributed by atoms with Crippen LogP contribution >= 0.6 is 0 Å². The average molecular weight is 297 g/mol. The van der Waals surface area contributed by atoms with Gasteiger partial charge < -0.3 is 9.47 Å². The Bertz CT molecular complexity index is 625. The maximum atomic E-state index is 11.9. The number of amides is 1. The maximum absolute atomic E-state index is 11.9. The van der Waals surface area contributed by atoms with Crippen molar-refractivity contribution < 1.29 is 14.3 Å². The third-order valence-corrected chi connectivity index (χ3v) is 3.71. The van der Waals surface area contributed by atoms with E-state index in [0.717, 1.165) is 17.9 Å². The van der Waals surface area contributed by atoms with Crippen LogP contribution < -0.4 is 9.64 Å². The highest BCUT2D eigenvalue weighted by Gasteiger charge is 2.32. The van der Waals surface area contributed by atoms with Crippen LogP contribution in [0.4, 0.5) is 10.5 Å². The van der Waals surface area contributed by atoms with Crippen molar-refractivity contribution in [1.82, 2.24) is 0 Å². The SMILES string of the molecule is CCc1ccc(OCC2CN(c3ccccc3)C(=O)O2)cc1. The molecular formula is C18H19NO3. The first-order valence-corrected chi connectivity index (χ1v) is 7.51. The van der Waals surface area contributed by atoms with Gasteiger partial charge in [-0.3, -0.25) is 4.90 Å². The van der Waals surface area contributed by atoms with Crippen molar-refractivity contribution >= 4 is 11.8 Å². The van der Waals surface area contributed by atoms with E-state index in [1.165, 1.54) is 5.56 Å². The number of carbonyl (C=O) groups excluding carboxylic acids is 1. The second-order valence-corrected chi connectivity index (χ2v) is 5.26. The van der Waals surface area contributed by atoms with Crippen LogP contribution in [-0.4, -0.2) is 25.3 Å². The van der Waals surface area contributed by atoms with Gasteiger partial charge in [0.05, 0.1) is 6.54 Å². The Labute approximate surface area is 130 Å². The molecular weight excluding hydrogens is 278 g/mol. The summed E-state index contributed by atoms with van der Waals surface area (Å²) in [5.74, 6) is 0.798. The first-order chi connectivity index (χ1) is 10.8. The molecule has 0 saturated carbocycles. The number of cyclic esters (lactones) is 1. The Morgan fingerprint density at radius 2 is 1.86 bits per heavy atom. The van der Waals surface area contributed by atoms with Gasteiger partial charge in [0.15, 0.2) is 6.10 Å². The summed E-state index contributed by atoms with van der Waals surface area (Å²) in [4.78, 5) is 13.6. The van der Waals surface area contributed by atoms with Crippen molar-refractivity contribution in [2.45, 2.75) is 19.4 Å². The van der Waals surface area contributed by atoms with Crippen LogP contribution in [-0.2, 0) is 11.2 Å². The Morgan fingerprint density at radius 3 is 2.55 bits per heavy atom. The number of benzene rings is 2. The Kier molecular flexibility index (Phi) is 4.28. The maximum Gasteiger partial charge on any atom is 0.414 e. The van der Waals surface area contributed by atoms with E-state index in [-0.39, 0.29) is 12.2 Å². The fourth-order valence-corrected chi connectivity index (χ4v) is 2.44. The van der Waals surface area contributed by atoms with Crippen molar-refractivity contribution in [1.29, 1.82) is 0 Å². The summed E-state index contributed by atoms with van der Waals surface area (Å²) in [7, 11) is 0. The van der Waals surface area contributed by atoms with Gasteiger partial charge in [0.1, 0.15) is 12.4 Å². The van der Waals surface area contributed by atoms with Crippen LogP contribution in [0.1, 0.15) is 12.5 Å². The third kappa shape index (κ3) is 3.22. The van der Waals surface area contributed by atoms with Crippen LogP contribution in [0, 0.1) is 0 Å². The fraction of sp³-hybridized carbons (Fsp3) is 0.278. The van der Waals surface area contributed by atoms with Crippen molar-refractivity contribution in [3.05, 3.63) is 60.2 Å². The number of ether oxygens (including phenoxy) is 2. The molecule has 0 radical (unpaired) electrons. The van der Waals surface area contributed by atoms with E-state index in [4.69, 9.17) is 9.47 Å². The quantitative estimate of drug-likeness (QED) is 0.845. The van der Waals surface area contributed by atoms with E-state index < -0.39 is 0 Å². The zero-order chi connectivity index (χ0) is 15.4. The number of para-hydroxylation sites is 1. The number of hydrogen-bond donors (Lipinski definition) is 0. The molecule has 3 rings (SSSR count). The molecule has 0 aromatic heterocycles. The van der Waals surface area contributed by atoms with E-state index in [9.17, 15) is 4.79 Å². The van der Waals surface area contributed by atoms with Crippen LogP contribution in [0.15, 0.2) is 54.6 Å². The monoisotopic (exact) mass is 297 g/mol. The smallest absolute Gasteiger partial charge is 0.414 e. The highest BCUT2D eigenvalue weighted by Crippen LogP contribution is 2.22. The summed E-state index contributed by atoms with van der Waals surface area (Å²) < 4.78 is 11.1. The molecule has 1 amide bonds. The lowest BCUT2D eigenvalue weighted by Crippen LogP contribution is -2.26. The molecule has 2 aromatic carbocycles. The third-order valence-electron chi connectivity index (χ3n) is 3.71. The van der Waals surface area contributed by atoms with Crippen LogP contribution in [0.3, 0.4) is 0 Å². The zero-order valence-corrected chi connectivity index (χ0v) is 12.6. The molecule has 1 saturated heterocycles. The van der Waals surface area contributed by atoms with Gasteiger partial charge in [0, 0.05) is 5.69 Å². The van der Waals surface area contributed by atoms with Gasteiger partial charge >= 0.3 is 6.09 Å². The van der Waals surface area contributed by atoms with E-state index in [2.05, 4.69) is 6.92 Å². The van der Waals surface area contributed by atoms with Crippen molar-refractivity contribution in [3.63, 3.8) is 0 Å². The molecule has 1 unspecified atom stereocenters. The summed E-state index contributed by atoms with van der Waals surface area (Å²) in [6, 6.07) is 17.5. The molecule has 0 bridgehead atoms. The molecule has 0 aliphatic carbocycles. The fourth-order valence-electron chi connectivity index (χ4n) is 2.44. The van der Waals surface area contributed by atoms with Gasteiger partial charge in [-0.2, -0.15) is 0 Å². The van der Waals surface area contributed by atoms with Crippen LogP contribution in [0.5, 0.6) is 5.75 Å². The second kappa shape index (κ2) is 6.52. The van der Waals surface area contributed by atoms with Crippen molar-refractivity contribution in [2.24, 2.45) is 0 Å². The lowest BCUT2D eigenvalue weighted by Gasteiger charge is -2.13. The van der Waals surface area contributed by atoms with E-state index in [0.29, 0.717) is 13.2 Å². The van der Waals surface area contributed by atoms with Crippen molar-refractivity contribution in [2.75, 3.05) is 18.1 Å². The number of anilines is 1. The van der Waals surface area contributed by atoms with Crippen LogP contribution in [0.25, 0.3) is 0 Å². The number of carbonyl (C=O) groups is 1. The lowest BCUT2D eigenvalue weighted by atomic mass is 10.2. The van der Waals surface area contributed by atoms with Crippen molar-refractivity contribution in [3.8, 4) is 5.75 Å². The average Bonchev–Trinajstić information content (AvgIpc) is 2.95. The van der Waals surface area contributed by atoms with Gasteiger partial charge in [-0.25, -0.2) is 4.79 Å². The van der Waals surface area contributed by atoms with Crippen LogP contribution in [0.2, 0.25) is 0 Å². The molecule has 4 heteroatoms. The summed E-state index contributed by atoms with van der Waals surface area (Å²) in [5.41, 5.74) is 2.12. The predicted molar refractivity (Wildman–Crippen MR) is 85.4 cm³/mol. The highest BCUT2D eigenvalue weighted by atomic mass is 16.6. The minimum absolute atomic E-state index is 0.251. The summed E-state index contributed by atoms with van der Waals surface area (Å²) in [6.07, 6.45) is 0.437.